The maximum absolute atomic E-state index is 13.9. The van der Waals surface area contributed by atoms with E-state index in [4.69, 9.17) is 27.9 Å². The van der Waals surface area contributed by atoms with E-state index in [1.807, 2.05) is 0 Å². The Morgan fingerprint density at radius 3 is 2.30 bits per heavy atom. The van der Waals surface area contributed by atoms with Crippen molar-refractivity contribution in [3.8, 4) is 11.1 Å². The molecule has 0 unspecified atom stereocenters. The van der Waals surface area contributed by atoms with Gasteiger partial charge >= 0.3 is 5.97 Å². The minimum atomic E-state index is -0.680. The summed E-state index contributed by atoms with van der Waals surface area (Å²) in [6.45, 7) is 1.86. The van der Waals surface area contributed by atoms with Crippen molar-refractivity contribution < 1.29 is 13.9 Å². The van der Waals surface area contributed by atoms with Gasteiger partial charge in [-0.1, -0.05) is 29.3 Å². The molecule has 2 nitrogen and oxygen atoms in total. The quantitative estimate of drug-likeness (QED) is 0.747. The zero-order valence-corrected chi connectivity index (χ0v) is 12.1. The number of carbonyl (C=O) groups excluding carboxylic acids is 1. The van der Waals surface area contributed by atoms with Crippen molar-refractivity contribution in [1.82, 2.24) is 0 Å². The number of halogens is 3. The summed E-state index contributed by atoms with van der Waals surface area (Å²) in [5.74, 6) is -1.32. The number of hydrogen-bond acceptors (Lipinski definition) is 2. The molecule has 20 heavy (non-hydrogen) atoms. The highest BCUT2D eigenvalue weighted by molar-refractivity contribution is 6.35. The van der Waals surface area contributed by atoms with Gasteiger partial charge in [-0.15, -0.1) is 0 Å². The molecular weight excluding hydrogens is 302 g/mol. The predicted molar refractivity (Wildman–Crippen MR) is 77.8 cm³/mol. The Morgan fingerprint density at radius 1 is 1.10 bits per heavy atom. The van der Waals surface area contributed by atoms with Gasteiger partial charge in [-0.3, -0.25) is 0 Å². The second-order valence-corrected chi connectivity index (χ2v) is 4.95. The van der Waals surface area contributed by atoms with E-state index in [1.54, 1.807) is 31.2 Å². The zero-order chi connectivity index (χ0) is 14.7. The molecule has 0 fully saturated rings. The van der Waals surface area contributed by atoms with Crippen LogP contribution in [0.1, 0.15) is 17.3 Å². The smallest absolute Gasteiger partial charge is 0.341 e. The van der Waals surface area contributed by atoms with Crippen LogP contribution >= 0.6 is 23.2 Å². The Balaban J connectivity index is 2.40. The SMILES string of the molecule is CCOC(=O)c1ccc(-c2cc(Cl)cc(Cl)c2)cc1F. The standard InChI is InChI=1S/C15H11Cl2FO2/c1-2-20-15(19)13-4-3-9(7-14(13)18)10-5-11(16)8-12(17)6-10/h3-8H,2H2,1H3. The monoisotopic (exact) mass is 312 g/mol. The lowest BCUT2D eigenvalue weighted by atomic mass is 10.0. The summed E-state index contributed by atoms with van der Waals surface area (Å²) in [4.78, 5) is 11.5. The van der Waals surface area contributed by atoms with Crippen LogP contribution in [0.4, 0.5) is 4.39 Å². The number of esters is 1. The largest absolute Gasteiger partial charge is 0.462 e. The van der Waals surface area contributed by atoms with E-state index in [0.717, 1.165) is 0 Å². The van der Waals surface area contributed by atoms with Crippen LogP contribution in [0.2, 0.25) is 10.0 Å². The molecular formula is C15H11Cl2FO2. The van der Waals surface area contributed by atoms with E-state index in [0.29, 0.717) is 21.2 Å². The first-order valence-electron chi connectivity index (χ1n) is 5.94. The number of ether oxygens (including phenoxy) is 1. The molecule has 0 saturated heterocycles. The minimum Gasteiger partial charge on any atom is -0.462 e. The Kier molecular flexibility index (Phi) is 4.63. The molecule has 0 atom stereocenters. The summed E-state index contributed by atoms with van der Waals surface area (Å²) in [6.07, 6.45) is 0. The van der Waals surface area contributed by atoms with E-state index < -0.39 is 11.8 Å². The van der Waals surface area contributed by atoms with Crippen LogP contribution in [0.5, 0.6) is 0 Å². The second kappa shape index (κ2) is 6.25. The van der Waals surface area contributed by atoms with Crippen molar-refractivity contribution in [2.45, 2.75) is 6.92 Å². The summed E-state index contributed by atoms with van der Waals surface area (Å²) in [6, 6.07) is 9.21. The molecule has 0 N–H and O–H groups in total. The summed E-state index contributed by atoms with van der Waals surface area (Å²) < 4.78 is 18.7. The highest BCUT2D eigenvalue weighted by Gasteiger charge is 2.14. The molecule has 2 aromatic rings. The van der Waals surface area contributed by atoms with Crippen molar-refractivity contribution >= 4 is 29.2 Å². The van der Waals surface area contributed by atoms with Gasteiger partial charge < -0.3 is 4.74 Å². The van der Waals surface area contributed by atoms with Crippen molar-refractivity contribution in [2.75, 3.05) is 6.61 Å². The van der Waals surface area contributed by atoms with E-state index in [-0.39, 0.29) is 12.2 Å². The average Bonchev–Trinajstić information content (AvgIpc) is 2.37. The number of rotatable bonds is 3. The van der Waals surface area contributed by atoms with Crippen LogP contribution in [0.15, 0.2) is 36.4 Å². The topological polar surface area (TPSA) is 26.3 Å². The first-order chi connectivity index (χ1) is 9.51. The summed E-state index contributed by atoms with van der Waals surface area (Å²) >= 11 is 11.8. The van der Waals surface area contributed by atoms with Crippen molar-refractivity contribution in [3.05, 3.63) is 57.8 Å². The van der Waals surface area contributed by atoms with E-state index in [1.165, 1.54) is 12.1 Å². The maximum atomic E-state index is 13.9. The first-order valence-corrected chi connectivity index (χ1v) is 6.70. The second-order valence-electron chi connectivity index (χ2n) is 4.07. The molecule has 0 bridgehead atoms. The fourth-order valence-electron chi connectivity index (χ4n) is 1.79. The lowest BCUT2D eigenvalue weighted by Crippen LogP contribution is -2.07. The van der Waals surface area contributed by atoms with Gasteiger partial charge in [0.25, 0.3) is 0 Å². The Morgan fingerprint density at radius 2 is 1.75 bits per heavy atom. The average molecular weight is 313 g/mol. The van der Waals surface area contributed by atoms with Gasteiger partial charge in [0.15, 0.2) is 0 Å². The van der Waals surface area contributed by atoms with E-state index in [2.05, 4.69) is 0 Å². The summed E-state index contributed by atoms with van der Waals surface area (Å²) in [5, 5.41) is 0.921. The fraction of sp³-hybridized carbons (Fsp3) is 0.133. The summed E-state index contributed by atoms with van der Waals surface area (Å²) in [7, 11) is 0. The molecule has 0 spiro atoms. The third-order valence-electron chi connectivity index (χ3n) is 2.66. The van der Waals surface area contributed by atoms with Crippen LogP contribution in [0.3, 0.4) is 0 Å². The normalized spacial score (nSPS) is 10.4. The summed E-state index contributed by atoms with van der Waals surface area (Å²) in [5.41, 5.74) is 1.17. The molecule has 2 rings (SSSR count). The third-order valence-corrected chi connectivity index (χ3v) is 3.10. The molecule has 0 radical (unpaired) electrons. The van der Waals surface area contributed by atoms with Gasteiger partial charge in [0.05, 0.1) is 12.2 Å². The molecule has 2 aromatic carbocycles. The highest BCUT2D eigenvalue weighted by Crippen LogP contribution is 2.28. The number of benzene rings is 2. The lowest BCUT2D eigenvalue weighted by molar-refractivity contribution is 0.0521. The van der Waals surface area contributed by atoms with Gasteiger partial charge in [-0.05, 0) is 48.4 Å². The van der Waals surface area contributed by atoms with Crippen molar-refractivity contribution in [3.63, 3.8) is 0 Å². The van der Waals surface area contributed by atoms with Gasteiger partial charge in [0.2, 0.25) is 0 Å². The van der Waals surface area contributed by atoms with Gasteiger partial charge in [-0.25, -0.2) is 9.18 Å². The Bertz CT molecular complexity index is 636. The van der Waals surface area contributed by atoms with E-state index >= 15 is 0 Å². The Hall–Kier alpha value is -1.58. The Labute approximate surface area is 126 Å². The van der Waals surface area contributed by atoms with Crippen molar-refractivity contribution in [1.29, 1.82) is 0 Å². The van der Waals surface area contributed by atoms with Crippen LogP contribution in [0.25, 0.3) is 11.1 Å². The van der Waals surface area contributed by atoms with Crippen LogP contribution in [-0.2, 0) is 4.74 Å². The fourth-order valence-corrected chi connectivity index (χ4v) is 2.32. The van der Waals surface area contributed by atoms with Gasteiger partial charge in [0.1, 0.15) is 5.82 Å². The maximum Gasteiger partial charge on any atom is 0.341 e. The third kappa shape index (κ3) is 3.30. The molecule has 0 saturated carbocycles. The minimum absolute atomic E-state index is 0.0938. The van der Waals surface area contributed by atoms with Crippen LogP contribution < -0.4 is 0 Å². The van der Waals surface area contributed by atoms with E-state index in [9.17, 15) is 9.18 Å². The van der Waals surface area contributed by atoms with Crippen LogP contribution in [0, 0.1) is 5.82 Å². The number of hydrogen-bond donors (Lipinski definition) is 0. The predicted octanol–water partition coefficient (Wildman–Crippen LogP) is 4.98. The van der Waals surface area contributed by atoms with Crippen molar-refractivity contribution in [2.24, 2.45) is 0 Å². The van der Waals surface area contributed by atoms with Crippen LogP contribution in [-0.4, -0.2) is 12.6 Å². The molecule has 0 aliphatic heterocycles. The molecule has 5 heteroatoms. The molecule has 0 amide bonds. The first kappa shape index (κ1) is 14.8. The lowest BCUT2D eigenvalue weighted by Gasteiger charge is -2.07. The molecule has 104 valence electrons. The van der Waals surface area contributed by atoms with Gasteiger partial charge in [-0.2, -0.15) is 0 Å². The zero-order valence-electron chi connectivity index (χ0n) is 10.6. The van der Waals surface area contributed by atoms with Gasteiger partial charge in [0, 0.05) is 10.0 Å². The molecule has 0 aromatic heterocycles. The highest BCUT2D eigenvalue weighted by atomic mass is 35.5. The number of carbonyl (C=O) groups is 1. The molecule has 0 aliphatic rings. The molecule has 0 heterocycles. The molecule has 0 aliphatic carbocycles.